The summed E-state index contributed by atoms with van der Waals surface area (Å²) in [4.78, 5) is 2.35. The Morgan fingerprint density at radius 2 is 2.20 bits per heavy atom. The van der Waals surface area contributed by atoms with Gasteiger partial charge in [-0.15, -0.1) is 0 Å². The molecule has 106 valence electrons. The van der Waals surface area contributed by atoms with Crippen LogP contribution in [-0.2, 0) is 20.1 Å². The van der Waals surface area contributed by atoms with Crippen molar-refractivity contribution in [3.8, 4) is 0 Å². The number of hydrogen-bond donors (Lipinski definition) is 0. The Hall–Kier alpha value is -1.46. The van der Waals surface area contributed by atoms with E-state index in [1.54, 1.807) is 6.33 Å². The van der Waals surface area contributed by atoms with Crippen molar-refractivity contribution in [2.75, 3.05) is 7.05 Å². The van der Waals surface area contributed by atoms with Crippen molar-refractivity contribution in [3.63, 3.8) is 0 Å². The quantitative estimate of drug-likeness (QED) is 0.812. The van der Waals surface area contributed by atoms with Crippen molar-refractivity contribution in [2.45, 2.75) is 32.0 Å². The predicted molar refractivity (Wildman–Crippen MR) is 81.9 cm³/mol. The Bertz CT molecular complexity index is 658. The van der Waals surface area contributed by atoms with E-state index in [0.717, 1.165) is 11.4 Å². The van der Waals surface area contributed by atoms with Crippen LogP contribution in [0.5, 0.6) is 0 Å². The first-order valence-electron chi connectivity index (χ1n) is 7.03. The third-order valence-corrected chi connectivity index (χ3v) is 4.61. The minimum absolute atomic E-state index is 0.462. The van der Waals surface area contributed by atoms with Gasteiger partial charge in [-0.1, -0.05) is 24.3 Å². The summed E-state index contributed by atoms with van der Waals surface area (Å²) >= 11 is 5.36. The molecule has 0 spiro atoms. The van der Waals surface area contributed by atoms with Gasteiger partial charge in [0.15, 0.2) is 4.77 Å². The van der Waals surface area contributed by atoms with Gasteiger partial charge in [0.05, 0.1) is 6.67 Å². The third kappa shape index (κ3) is 2.43. The molecule has 2 aromatic rings. The van der Waals surface area contributed by atoms with Gasteiger partial charge in [0.2, 0.25) is 0 Å². The van der Waals surface area contributed by atoms with Crippen LogP contribution in [-0.4, -0.2) is 26.3 Å². The number of nitrogens with zero attached hydrogens (tertiary/aromatic N) is 4. The highest BCUT2D eigenvalue weighted by Crippen LogP contribution is 2.33. The molecule has 1 aromatic heterocycles. The molecule has 0 amide bonds. The largest absolute Gasteiger partial charge is 0.310 e. The Morgan fingerprint density at radius 1 is 1.40 bits per heavy atom. The van der Waals surface area contributed by atoms with Crippen molar-refractivity contribution in [1.82, 2.24) is 19.2 Å². The summed E-state index contributed by atoms with van der Waals surface area (Å²) in [7, 11) is 4.09. The van der Waals surface area contributed by atoms with Gasteiger partial charge in [-0.05, 0) is 49.7 Å². The maximum absolute atomic E-state index is 5.36. The van der Waals surface area contributed by atoms with Gasteiger partial charge in [0.1, 0.15) is 6.33 Å². The van der Waals surface area contributed by atoms with Crippen molar-refractivity contribution < 1.29 is 0 Å². The van der Waals surface area contributed by atoms with Crippen molar-refractivity contribution in [1.29, 1.82) is 0 Å². The van der Waals surface area contributed by atoms with Crippen LogP contribution in [0.2, 0.25) is 0 Å². The first-order valence-corrected chi connectivity index (χ1v) is 7.44. The van der Waals surface area contributed by atoms with Crippen LogP contribution in [0.3, 0.4) is 0 Å². The molecule has 0 bridgehead atoms. The Kier molecular flexibility index (Phi) is 3.72. The van der Waals surface area contributed by atoms with Gasteiger partial charge in [-0.2, -0.15) is 5.10 Å². The summed E-state index contributed by atoms with van der Waals surface area (Å²) in [5.41, 5.74) is 2.95. The number of aryl methyl sites for hydroxylation is 2. The zero-order valence-corrected chi connectivity index (χ0v) is 12.8. The smallest absolute Gasteiger partial charge is 0.198 e. The molecule has 1 heterocycles. The number of aromatic nitrogens is 3. The van der Waals surface area contributed by atoms with Crippen LogP contribution in [0.15, 0.2) is 30.6 Å². The number of benzene rings is 1. The molecule has 20 heavy (non-hydrogen) atoms. The van der Waals surface area contributed by atoms with Crippen molar-refractivity contribution >= 4 is 12.2 Å². The van der Waals surface area contributed by atoms with Crippen LogP contribution in [0.1, 0.15) is 30.0 Å². The van der Waals surface area contributed by atoms with Crippen LogP contribution in [0, 0.1) is 4.77 Å². The fourth-order valence-electron chi connectivity index (χ4n) is 3.01. The Balaban J connectivity index is 1.83. The highest BCUT2D eigenvalue weighted by atomic mass is 32.1. The molecule has 1 atom stereocenters. The lowest BCUT2D eigenvalue weighted by Gasteiger charge is -2.33. The van der Waals surface area contributed by atoms with Crippen LogP contribution in [0.25, 0.3) is 0 Å². The van der Waals surface area contributed by atoms with E-state index in [1.807, 2.05) is 16.3 Å². The van der Waals surface area contributed by atoms with Gasteiger partial charge >= 0.3 is 0 Å². The first-order chi connectivity index (χ1) is 9.66. The zero-order chi connectivity index (χ0) is 14.1. The van der Waals surface area contributed by atoms with Gasteiger partial charge in [0, 0.05) is 13.1 Å². The second-order valence-electron chi connectivity index (χ2n) is 5.53. The average molecular weight is 288 g/mol. The second kappa shape index (κ2) is 5.50. The fourth-order valence-corrected chi connectivity index (χ4v) is 3.17. The minimum Gasteiger partial charge on any atom is -0.310 e. The van der Waals surface area contributed by atoms with E-state index in [4.69, 9.17) is 12.2 Å². The molecule has 3 rings (SSSR count). The molecule has 1 unspecified atom stereocenters. The normalized spacial score (nSPS) is 18.2. The molecule has 0 fully saturated rings. The lowest BCUT2D eigenvalue weighted by Crippen LogP contribution is -2.30. The van der Waals surface area contributed by atoms with Gasteiger partial charge in [-0.25, -0.2) is 4.68 Å². The molecule has 0 radical (unpaired) electrons. The molecule has 4 nitrogen and oxygen atoms in total. The lowest BCUT2D eigenvalue weighted by molar-refractivity contribution is 0.165. The second-order valence-corrected chi connectivity index (χ2v) is 5.89. The SMILES string of the molecule is CN(Cn1ncn(C)c1=S)C1CCCc2ccccc21. The monoisotopic (exact) mass is 288 g/mol. The number of hydrogen-bond acceptors (Lipinski definition) is 3. The summed E-state index contributed by atoms with van der Waals surface area (Å²) in [5.74, 6) is 0. The fraction of sp³-hybridized carbons (Fsp3) is 0.467. The number of fused-ring (bicyclic) bond motifs is 1. The molecule has 1 aliphatic carbocycles. The molecular weight excluding hydrogens is 268 g/mol. The van der Waals surface area contributed by atoms with Crippen LogP contribution in [0.4, 0.5) is 0 Å². The Labute approximate surface area is 124 Å². The molecule has 0 saturated heterocycles. The van der Waals surface area contributed by atoms with Crippen molar-refractivity contribution in [3.05, 3.63) is 46.5 Å². The summed E-state index contributed by atoms with van der Waals surface area (Å²) in [5, 5.41) is 4.34. The van der Waals surface area contributed by atoms with Crippen LogP contribution >= 0.6 is 12.2 Å². The highest BCUT2D eigenvalue weighted by molar-refractivity contribution is 7.71. The van der Waals surface area contributed by atoms with E-state index >= 15 is 0 Å². The molecule has 0 saturated carbocycles. The maximum Gasteiger partial charge on any atom is 0.198 e. The van der Waals surface area contributed by atoms with Gasteiger partial charge < -0.3 is 4.57 Å². The highest BCUT2D eigenvalue weighted by Gasteiger charge is 2.23. The summed E-state index contributed by atoms with van der Waals surface area (Å²) in [6, 6.07) is 9.24. The molecule has 1 aromatic carbocycles. The zero-order valence-electron chi connectivity index (χ0n) is 12.0. The number of rotatable bonds is 3. The molecule has 0 N–H and O–H groups in total. The summed E-state index contributed by atoms with van der Waals surface area (Å²) in [6.45, 7) is 0.735. The summed E-state index contributed by atoms with van der Waals surface area (Å²) < 4.78 is 4.52. The van der Waals surface area contributed by atoms with E-state index in [0.29, 0.717) is 6.04 Å². The maximum atomic E-state index is 5.36. The minimum atomic E-state index is 0.462. The van der Waals surface area contributed by atoms with Gasteiger partial charge in [-0.3, -0.25) is 4.90 Å². The van der Waals surface area contributed by atoms with E-state index < -0.39 is 0 Å². The third-order valence-electron chi connectivity index (χ3n) is 4.11. The van der Waals surface area contributed by atoms with E-state index in [9.17, 15) is 0 Å². The topological polar surface area (TPSA) is 26.0 Å². The average Bonchev–Trinajstić information content (AvgIpc) is 2.78. The lowest BCUT2D eigenvalue weighted by atomic mass is 9.87. The predicted octanol–water partition coefficient (Wildman–Crippen LogP) is 2.92. The Morgan fingerprint density at radius 3 is 2.95 bits per heavy atom. The molecule has 1 aliphatic rings. The van der Waals surface area contributed by atoms with E-state index in [1.165, 1.54) is 30.4 Å². The van der Waals surface area contributed by atoms with Crippen molar-refractivity contribution in [2.24, 2.45) is 7.05 Å². The molecule has 0 aliphatic heterocycles. The standard InChI is InChI=1S/C15H20N4S/c1-17-10-16-19(15(17)20)11-18(2)14-9-5-7-12-6-3-4-8-13(12)14/h3-4,6,8,10,14H,5,7,9,11H2,1-2H3. The summed E-state index contributed by atoms with van der Waals surface area (Å²) in [6.07, 6.45) is 5.42. The van der Waals surface area contributed by atoms with E-state index in [-0.39, 0.29) is 0 Å². The van der Waals surface area contributed by atoms with Crippen LogP contribution < -0.4 is 0 Å². The van der Waals surface area contributed by atoms with E-state index in [2.05, 4.69) is 41.3 Å². The molecule has 5 heteroatoms. The molecular formula is C15H20N4S. The first kappa shape index (κ1) is 13.5. The van der Waals surface area contributed by atoms with Gasteiger partial charge in [0.25, 0.3) is 0 Å².